The average molecular weight is 317 g/mol. The fourth-order valence-corrected chi connectivity index (χ4v) is 2.52. The first-order valence-electron chi connectivity index (χ1n) is 6.54. The van der Waals surface area contributed by atoms with Crippen LogP contribution in [0.15, 0.2) is 24.3 Å². The summed E-state index contributed by atoms with van der Waals surface area (Å²) in [7, 11) is 0. The molecule has 2 rings (SSSR count). The Morgan fingerprint density at radius 1 is 1.43 bits per heavy atom. The lowest BCUT2D eigenvalue weighted by molar-refractivity contribution is -0.138. The largest absolute Gasteiger partial charge is 0.480 e. The van der Waals surface area contributed by atoms with E-state index < -0.39 is 5.97 Å². The second-order valence-electron chi connectivity index (χ2n) is 4.85. The molecule has 116 valence electrons. The number of rotatable bonds is 5. The summed E-state index contributed by atoms with van der Waals surface area (Å²) in [6.45, 7) is 0.507. The van der Waals surface area contributed by atoms with Crippen molar-refractivity contribution < 1.29 is 19.1 Å². The predicted molar refractivity (Wildman–Crippen MR) is 77.8 cm³/mol. The van der Waals surface area contributed by atoms with E-state index >= 15 is 0 Å². The quantitative estimate of drug-likeness (QED) is 0.865. The Morgan fingerprint density at radius 2 is 2.19 bits per heavy atom. The number of nitrogens with zero attached hydrogens (tertiary/aromatic N) is 1. The Morgan fingerprint density at radius 3 is 2.86 bits per heavy atom. The molecule has 1 aliphatic heterocycles. The average Bonchev–Trinajstić information content (AvgIpc) is 2.84. The highest BCUT2D eigenvalue weighted by Gasteiger charge is 2.27. The molecule has 0 saturated carbocycles. The number of carboxylic acids is 1. The molecule has 1 aromatic rings. The summed E-state index contributed by atoms with van der Waals surface area (Å²) < 4.78 is 13.3. The molecule has 0 bridgehead atoms. The maximum absolute atomic E-state index is 13.3. The van der Waals surface area contributed by atoms with Gasteiger partial charge in [0.1, 0.15) is 12.4 Å². The van der Waals surface area contributed by atoms with Crippen LogP contribution in [-0.2, 0) is 9.59 Å². The monoisotopic (exact) mass is 316 g/mol. The third-order valence-electron chi connectivity index (χ3n) is 3.38. The number of carbonyl (C=O) groups is 2. The number of hydrogen-bond acceptors (Lipinski definition) is 3. The summed E-state index contributed by atoms with van der Waals surface area (Å²) in [5.74, 6) is -1.68. The summed E-state index contributed by atoms with van der Waals surface area (Å²) in [5, 5.41) is 10.9. The van der Waals surface area contributed by atoms with E-state index in [0.29, 0.717) is 0 Å². The number of carboxylic acid groups (broad SMARTS) is 1. The number of benzene rings is 1. The van der Waals surface area contributed by atoms with Gasteiger partial charge in [-0.05, 0) is 37.1 Å². The maximum atomic E-state index is 13.3. The summed E-state index contributed by atoms with van der Waals surface area (Å²) in [5.41, 5.74) is 0.855. The van der Waals surface area contributed by atoms with Crippen LogP contribution in [0.25, 0.3) is 0 Å². The van der Waals surface area contributed by atoms with Crippen LogP contribution in [0.5, 0.6) is 0 Å². The van der Waals surface area contributed by atoms with Crippen molar-refractivity contribution in [3.05, 3.63) is 35.6 Å². The van der Waals surface area contributed by atoms with Crippen molar-refractivity contribution in [3.63, 3.8) is 0 Å². The normalized spacial score (nSPS) is 18.0. The lowest BCUT2D eigenvalue weighted by Gasteiger charge is -2.24. The molecule has 1 heterocycles. The lowest BCUT2D eigenvalue weighted by Crippen LogP contribution is -2.39. The number of nitrogens with one attached hydrogen (secondary N) is 1. The number of aliphatic carboxylic acids is 1. The molecule has 21 heavy (non-hydrogen) atoms. The van der Waals surface area contributed by atoms with E-state index in [-0.39, 0.29) is 43.3 Å². The van der Waals surface area contributed by atoms with E-state index in [2.05, 4.69) is 5.32 Å². The smallest absolute Gasteiger partial charge is 0.322 e. The van der Waals surface area contributed by atoms with Crippen LogP contribution in [0.3, 0.4) is 0 Å². The highest BCUT2D eigenvalue weighted by atomic mass is 35.5. The summed E-state index contributed by atoms with van der Waals surface area (Å²) >= 11 is 0. The molecule has 0 spiro atoms. The SMILES string of the molecule is Cl.O=C(O)CNC(=O)CN1CCCC1c1cccc(F)c1. The van der Waals surface area contributed by atoms with Crippen molar-refractivity contribution >= 4 is 24.3 Å². The Labute approximate surface area is 128 Å². The Bertz CT molecular complexity index is 513. The number of carbonyl (C=O) groups excluding carboxylic acids is 1. The van der Waals surface area contributed by atoms with Crippen molar-refractivity contribution in [2.45, 2.75) is 18.9 Å². The molecular weight excluding hydrogens is 299 g/mol. The standard InChI is InChI=1S/C14H17FN2O3.ClH/c15-11-4-1-3-10(7-11)12-5-2-6-17(12)9-13(18)16-8-14(19)20;/h1,3-4,7,12H,2,5-6,8-9H2,(H,16,18)(H,19,20);1H. The van der Waals surface area contributed by atoms with Gasteiger partial charge in [0.2, 0.25) is 5.91 Å². The highest BCUT2D eigenvalue weighted by molar-refractivity contribution is 5.85. The fourth-order valence-electron chi connectivity index (χ4n) is 2.52. The van der Waals surface area contributed by atoms with Gasteiger partial charge in [0.25, 0.3) is 0 Å². The van der Waals surface area contributed by atoms with E-state index in [4.69, 9.17) is 5.11 Å². The molecule has 1 aliphatic rings. The van der Waals surface area contributed by atoms with Crippen LogP contribution in [-0.4, -0.2) is 41.5 Å². The Kier molecular flexibility index (Phi) is 6.58. The Hall–Kier alpha value is -1.66. The van der Waals surface area contributed by atoms with E-state index in [1.165, 1.54) is 12.1 Å². The summed E-state index contributed by atoms with van der Waals surface area (Å²) in [6.07, 6.45) is 1.81. The van der Waals surface area contributed by atoms with Crippen LogP contribution < -0.4 is 5.32 Å². The van der Waals surface area contributed by atoms with Crippen LogP contribution in [0.2, 0.25) is 0 Å². The predicted octanol–water partition coefficient (Wildman–Crippen LogP) is 1.59. The van der Waals surface area contributed by atoms with Crippen LogP contribution in [0, 0.1) is 5.82 Å². The molecular formula is C14H18ClFN2O3. The first kappa shape index (κ1) is 17.4. The van der Waals surface area contributed by atoms with Gasteiger partial charge in [0, 0.05) is 6.04 Å². The molecule has 1 fully saturated rings. The minimum Gasteiger partial charge on any atom is -0.480 e. The van der Waals surface area contributed by atoms with Gasteiger partial charge in [-0.2, -0.15) is 0 Å². The van der Waals surface area contributed by atoms with E-state index in [9.17, 15) is 14.0 Å². The van der Waals surface area contributed by atoms with Gasteiger partial charge >= 0.3 is 5.97 Å². The minimum absolute atomic E-state index is 0. The molecule has 1 aromatic carbocycles. The molecule has 7 heteroatoms. The fraction of sp³-hybridized carbons (Fsp3) is 0.429. The van der Waals surface area contributed by atoms with E-state index in [1.807, 2.05) is 11.0 Å². The van der Waals surface area contributed by atoms with Crippen molar-refractivity contribution in [3.8, 4) is 0 Å². The van der Waals surface area contributed by atoms with Gasteiger partial charge in [-0.3, -0.25) is 14.5 Å². The second kappa shape index (κ2) is 7.95. The van der Waals surface area contributed by atoms with Crippen molar-refractivity contribution in [2.75, 3.05) is 19.6 Å². The number of amides is 1. The second-order valence-corrected chi connectivity index (χ2v) is 4.85. The zero-order valence-corrected chi connectivity index (χ0v) is 12.2. The minimum atomic E-state index is -1.07. The third kappa shape index (κ3) is 4.99. The Balaban J connectivity index is 0.00000220. The molecule has 1 atom stereocenters. The molecule has 5 nitrogen and oxygen atoms in total. The maximum Gasteiger partial charge on any atom is 0.322 e. The zero-order valence-electron chi connectivity index (χ0n) is 11.4. The summed E-state index contributed by atoms with van der Waals surface area (Å²) in [4.78, 5) is 24.0. The van der Waals surface area contributed by atoms with E-state index in [0.717, 1.165) is 24.9 Å². The molecule has 0 radical (unpaired) electrons. The first-order chi connectivity index (χ1) is 9.56. The van der Waals surface area contributed by atoms with Crippen molar-refractivity contribution in [2.24, 2.45) is 0 Å². The van der Waals surface area contributed by atoms with Crippen LogP contribution in [0.4, 0.5) is 4.39 Å². The topological polar surface area (TPSA) is 69.6 Å². The van der Waals surface area contributed by atoms with Gasteiger partial charge in [0.05, 0.1) is 6.54 Å². The molecule has 1 amide bonds. The third-order valence-corrected chi connectivity index (χ3v) is 3.38. The number of halogens is 2. The molecule has 2 N–H and O–H groups in total. The van der Waals surface area contributed by atoms with Gasteiger partial charge in [-0.1, -0.05) is 12.1 Å². The van der Waals surface area contributed by atoms with Crippen LogP contribution in [0.1, 0.15) is 24.4 Å². The van der Waals surface area contributed by atoms with Gasteiger partial charge in [-0.15, -0.1) is 12.4 Å². The van der Waals surface area contributed by atoms with Gasteiger partial charge in [0.15, 0.2) is 0 Å². The van der Waals surface area contributed by atoms with Gasteiger partial charge in [-0.25, -0.2) is 4.39 Å². The highest BCUT2D eigenvalue weighted by Crippen LogP contribution is 2.31. The number of likely N-dealkylation sites (tertiary alicyclic amines) is 1. The van der Waals surface area contributed by atoms with Crippen molar-refractivity contribution in [1.82, 2.24) is 10.2 Å². The molecule has 0 aliphatic carbocycles. The van der Waals surface area contributed by atoms with Gasteiger partial charge < -0.3 is 10.4 Å². The molecule has 0 aromatic heterocycles. The summed E-state index contributed by atoms with van der Waals surface area (Å²) in [6, 6.07) is 6.40. The van der Waals surface area contributed by atoms with Crippen molar-refractivity contribution in [1.29, 1.82) is 0 Å². The van der Waals surface area contributed by atoms with Crippen LogP contribution >= 0.6 is 12.4 Å². The zero-order chi connectivity index (χ0) is 14.5. The molecule has 1 unspecified atom stereocenters. The first-order valence-corrected chi connectivity index (χ1v) is 6.54. The number of hydrogen-bond donors (Lipinski definition) is 2. The molecule has 1 saturated heterocycles. The lowest BCUT2D eigenvalue weighted by atomic mass is 10.0. The van der Waals surface area contributed by atoms with E-state index in [1.54, 1.807) is 6.07 Å².